The van der Waals surface area contributed by atoms with Crippen LogP contribution in [0.4, 0.5) is 22.2 Å². The van der Waals surface area contributed by atoms with Crippen LogP contribution in [-0.2, 0) is 4.74 Å². The van der Waals surface area contributed by atoms with Gasteiger partial charge >= 0.3 is 6.03 Å². The Morgan fingerprint density at radius 1 is 1.04 bits per heavy atom. The summed E-state index contributed by atoms with van der Waals surface area (Å²) in [6.45, 7) is 10.0. The lowest BCUT2D eigenvalue weighted by Gasteiger charge is -2.28. The first-order valence-corrected chi connectivity index (χ1v) is 9.55. The molecule has 0 spiro atoms. The first-order valence-electron chi connectivity index (χ1n) is 9.55. The molecule has 28 heavy (non-hydrogen) atoms. The smallest absolute Gasteiger partial charge is 0.319 e. The van der Waals surface area contributed by atoms with Gasteiger partial charge in [-0.15, -0.1) is 0 Å². The highest BCUT2D eigenvalue weighted by Gasteiger charge is 2.14. The zero-order chi connectivity index (χ0) is 19.9. The molecule has 0 bridgehead atoms. The van der Waals surface area contributed by atoms with Gasteiger partial charge in [0.1, 0.15) is 5.82 Å². The van der Waals surface area contributed by atoms with Gasteiger partial charge in [0.15, 0.2) is 0 Å². The molecule has 1 fully saturated rings. The Bertz CT molecular complexity index is 800. The predicted molar refractivity (Wildman–Crippen MR) is 111 cm³/mol. The van der Waals surface area contributed by atoms with Crippen LogP contribution in [0.15, 0.2) is 24.3 Å². The van der Waals surface area contributed by atoms with Gasteiger partial charge in [0.05, 0.1) is 13.2 Å². The van der Waals surface area contributed by atoms with E-state index < -0.39 is 0 Å². The standard InChI is InChI=1S/C20H28N6O2/c1-14-10-15(2)12-17(11-14)24-20(27)22-5-4-21-19-23-16(3)13-18(25-19)26-6-8-28-9-7-26/h10-13H,4-9H2,1-3H3,(H,21,23,25)(H2,22,24,27). The van der Waals surface area contributed by atoms with Gasteiger partial charge in [-0.1, -0.05) is 6.07 Å². The van der Waals surface area contributed by atoms with Gasteiger partial charge in [0.2, 0.25) is 5.95 Å². The van der Waals surface area contributed by atoms with Crippen molar-refractivity contribution in [3.05, 3.63) is 41.1 Å². The summed E-state index contributed by atoms with van der Waals surface area (Å²) in [5.41, 5.74) is 3.92. The lowest BCUT2D eigenvalue weighted by Crippen LogP contribution is -2.37. The van der Waals surface area contributed by atoms with E-state index in [9.17, 15) is 4.79 Å². The number of carbonyl (C=O) groups excluding carboxylic acids is 1. The fourth-order valence-corrected chi connectivity index (χ4v) is 3.16. The fourth-order valence-electron chi connectivity index (χ4n) is 3.16. The van der Waals surface area contributed by atoms with Crippen molar-refractivity contribution in [3.63, 3.8) is 0 Å². The zero-order valence-corrected chi connectivity index (χ0v) is 16.7. The van der Waals surface area contributed by atoms with E-state index in [1.807, 2.05) is 39.0 Å². The number of urea groups is 1. The minimum atomic E-state index is -0.231. The van der Waals surface area contributed by atoms with E-state index >= 15 is 0 Å². The number of carbonyl (C=O) groups is 1. The topological polar surface area (TPSA) is 91.4 Å². The minimum Gasteiger partial charge on any atom is -0.378 e. The minimum absolute atomic E-state index is 0.231. The van der Waals surface area contributed by atoms with E-state index in [-0.39, 0.29) is 6.03 Å². The van der Waals surface area contributed by atoms with E-state index in [2.05, 4.69) is 36.9 Å². The van der Waals surface area contributed by atoms with Gasteiger partial charge in [0.25, 0.3) is 0 Å². The number of nitrogens with one attached hydrogen (secondary N) is 3. The molecular weight excluding hydrogens is 356 g/mol. The SMILES string of the molecule is Cc1cc(C)cc(NC(=O)NCCNc2nc(C)cc(N3CCOCC3)n2)c1. The molecular formula is C20H28N6O2. The third-order valence-corrected chi connectivity index (χ3v) is 4.35. The van der Waals surface area contributed by atoms with Gasteiger partial charge in [0, 0.05) is 43.6 Å². The monoisotopic (exact) mass is 384 g/mol. The molecule has 2 amide bonds. The van der Waals surface area contributed by atoms with E-state index in [1.54, 1.807) is 0 Å². The van der Waals surface area contributed by atoms with Crippen LogP contribution >= 0.6 is 0 Å². The number of nitrogens with zero attached hydrogens (tertiary/aromatic N) is 3. The van der Waals surface area contributed by atoms with Gasteiger partial charge < -0.3 is 25.6 Å². The Kier molecular flexibility index (Phi) is 6.65. The Balaban J connectivity index is 1.46. The average molecular weight is 384 g/mol. The highest BCUT2D eigenvalue weighted by Crippen LogP contribution is 2.16. The Labute approximate surface area is 165 Å². The first kappa shape index (κ1) is 19.9. The van der Waals surface area contributed by atoms with Crippen LogP contribution < -0.4 is 20.9 Å². The fraction of sp³-hybridized carbons (Fsp3) is 0.450. The number of ether oxygens (including phenoxy) is 1. The van der Waals surface area contributed by atoms with Gasteiger partial charge in [-0.3, -0.25) is 0 Å². The molecule has 0 radical (unpaired) electrons. The maximum absolute atomic E-state index is 12.1. The van der Waals surface area contributed by atoms with Crippen LogP contribution in [-0.4, -0.2) is 55.4 Å². The third-order valence-electron chi connectivity index (χ3n) is 4.35. The van der Waals surface area contributed by atoms with Crippen LogP contribution in [0.5, 0.6) is 0 Å². The number of morpholine rings is 1. The van der Waals surface area contributed by atoms with E-state index in [0.717, 1.165) is 41.4 Å². The molecule has 2 heterocycles. The Hall–Kier alpha value is -2.87. The molecule has 0 atom stereocenters. The summed E-state index contributed by atoms with van der Waals surface area (Å²) in [5, 5.41) is 8.87. The van der Waals surface area contributed by atoms with Crippen molar-refractivity contribution < 1.29 is 9.53 Å². The summed E-state index contributed by atoms with van der Waals surface area (Å²) in [6, 6.07) is 7.70. The third kappa shape index (κ3) is 5.82. The second-order valence-corrected chi connectivity index (χ2v) is 6.97. The summed E-state index contributed by atoms with van der Waals surface area (Å²) in [6.07, 6.45) is 0. The molecule has 1 saturated heterocycles. The van der Waals surface area contributed by atoms with Crippen LogP contribution in [0.25, 0.3) is 0 Å². The number of aryl methyl sites for hydroxylation is 3. The molecule has 8 nitrogen and oxygen atoms in total. The van der Waals surface area contributed by atoms with Crippen molar-refractivity contribution in [3.8, 4) is 0 Å². The van der Waals surface area contributed by atoms with Crippen LogP contribution in [0, 0.1) is 20.8 Å². The molecule has 8 heteroatoms. The maximum atomic E-state index is 12.1. The molecule has 1 aromatic heterocycles. The van der Waals surface area contributed by atoms with Crippen molar-refractivity contribution in [1.82, 2.24) is 15.3 Å². The maximum Gasteiger partial charge on any atom is 0.319 e. The molecule has 0 saturated carbocycles. The van der Waals surface area contributed by atoms with Crippen molar-refractivity contribution in [2.45, 2.75) is 20.8 Å². The molecule has 0 unspecified atom stereocenters. The van der Waals surface area contributed by atoms with Crippen LogP contribution in [0.1, 0.15) is 16.8 Å². The number of aromatic nitrogens is 2. The number of anilines is 3. The molecule has 150 valence electrons. The summed E-state index contributed by atoms with van der Waals surface area (Å²) >= 11 is 0. The van der Waals surface area contributed by atoms with Gasteiger partial charge in [-0.2, -0.15) is 4.98 Å². The van der Waals surface area contributed by atoms with Gasteiger partial charge in [-0.25, -0.2) is 9.78 Å². The van der Waals surface area contributed by atoms with E-state index in [0.29, 0.717) is 32.3 Å². The summed E-state index contributed by atoms with van der Waals surface area (Å²) < 4.78 is 5.39. The molecule has 1 aromatic carbocycles. The lowest BCUT2D eigenvalue weighted by molar-refractivity contribution is 0.122. The normalized spacial score (nSPS) is 13.9. The number of rotatable bonds is 6. The number of hydrogen-bond acceptors (Lipinski definition) is 6. The molecule has 2 aromatic rings. The molecule has 1 aliphatic heterocycles. The van der Waals surface area contributed by atoms with Crippen molar-refractivity contribution in [2.24, 2.45) is 0 Å². The molecule has 1 aliphatic rings. The highest BCUT2D eigenvalue weighted by atomic mass is 16.5. The highest BCUT2D eigenvalue weighted by molar-refractivity contribution is 5.89. The number of amides is 2. The Morgan fingerprint density at radius 3 is 2.46 bits per heavy atom. The van der Waals surface area contributed by atoms with E-state index in [1.165, 1.54) is 0 Å². The number of hydrogen-bond donors (Lipinski definition) is 3. The van der Waals surface area contributed by atoms with Crippen molar-refractivity contribution in [2.75, 3.05) is 54.9 Å². The van der Waals surface area contributed by atoms with Crippen LogP contribution in [0.2, 0.25) is 0 Å². The summed E-state index contributed by atoms with van der Waals surface area (Å²) in [4.78, 5) is 23.3. The summed E-state index contributed by atoms with van der Waals surface area (Å²) in [7, 11) is 0. The number of benzene rings is 1. The first-order chi connectivity index (χ1) is 13.5. The Morgan fingerprint density at radius 2 is 1.75 bits per heavy atom. The predicted octanol–water partition coefficient (Wildman–Crippen LogP) is 2.47. The second-order valence-electron chi connectivity index (χ2n) is 6.97. The molecule has 0 aliphatic carbocycles. The second kappa shape index (κ2) is 9.36. The van der Waals surface area contributed by atoms with Crippen LogP contribution in [0.3, 0.4) is 0 Å². The quantitative estimate of drug-likeness (QED) is 0.663. The lowest BCUT2D eigenvalue weighted by atomic mass is 10.1. The average Bonchev–Trinajstić information content (AvgIpc) is 2.65. The zero-order valence-electron chi connectivity index (χ0n) is 16.7. The largest absolute Gasteiger partial charge is 0.378 e. The molecule has 3 N–H and O–H groups in total. The summed E-state index contributed by atoms with van der Waals surface area (Å²) in [5.74, 6) is 1.47. The van der Waals surface area contributed by atoms with Crippen molar-refractivity contribution in [1.29, 1.82) is 0 Å². The van der Waals surface area contributed by atoms with Gasteiger partial charge in [-0.05, 0) is 44.0 Å². The molecule has 3 rings (SSSR count). The van der Waals surface area contributed by atoms with Crippen molar-refractivity contribution >= 4 is 23.5 Å². The van der Waals surface area contributed by atoms with E-state index in [4.69, 9.17) is 4.74 Å².